The Morgan fingerprint density at radius 3 is 2.60 bits per heavy atom. The number of urea groups is 1. The van der Waals surface area contributed by atoms with E-state index in [1.165, 1.54) is 0 Å². The van der Waals surface area contributed by atoms with Crippen molar-refractivity contribution in [2.24, 2.45) is 5.73 Å². The van der Waals surface area contributed by atoms with Gasteiger partial charge in [-0.2, -0.15) is 0 Å². The summed E-state index contributed by atoms with van der Waals surface area (Å²) in [6, 6.07) is 4.95. The highest BCUT2D eigenvalue weighted by Crippen LogP contribution is 2.22. The van der Waals surface area contributed by atoms with Crippen LogP contribution in [0.1, 0.15) is 25.3 Å². The predicted octanol–water partition coefficient (Wildman–Crippen LogP) is 0.238. The zero-order valence-corrected chi connectivity index (χ0v) is 13.8. The van der Waals surface area contributed by atoms with Crippen LogP contribution in [-0.2, 0) is 9.59 Å². The molecule has 1 heterocycles. The Hall–Kier alpha value is -3.10. The second-order valence-electron chi connectivity index (χ2n) is 5.91. The van der Waals surface area contributed by atoms with E-state index in [9.17, 15) is 14.4 Å². The van der Waals surface area contributed by atoms with E-state index >= 15 is 0 Å². The highest BCUT2D eigenvalue weighted by atomic mass is 16.4. The molecule has 134 valence electrons. The van der Waals surface area contributed by atoms with Gasteiger partial charge in [-0.1, -0.05) is 0 Å². The van der Waals surface area contributed by atoms with Crippen molar-refractivity contribution in [2.75, 3.05) is 11.4 Å². The summed E-state index contributed by atoms with van der Waals surface area (Å²) in [6.07, 6.45) is 0.259. The van der Waals surface area contributed by atoms with Crippen LogP contribution in [-0.4, -0.2) is 47.5 Å². The maximum absolute atomic E-state index is 12.4. The van der Waals surface area contributed by atoms with Crippen molar-refractivity contribution < 1.29 is 19.5 Å². The normalized spacial score (nSPS) is 17.9. The van der Waals surface area contributed by atoms with Crippen LogP contribution in [0.2, 0.25) is 0 Å². The molecule has 1 fully saturated rings. The van der Waals surface area contributed by atoms with E-state index in [0.717, 1.165) is 0 Å². The summed E-state index contributed by atoms with van der Waals surface area (Å²) >= 11 is 0. The topological polar surface area (TPSA) is 149 Å². The van der Waals surface area contributed by atoms with Crippen molar-refractivity contribution in [3.63, 3.8) is 0 Å². The first-order chi connectivity index (χ1) is 11.8. The maximum atomic E-state index is 12.4. The Morgan fingerprint density at radius 1 is 1.40 bits per heavy atom. The van der Waals surface area contributed by atoms with Crippen molar-refractivity contribution in [1.82, 2.24) is 10.6 Å². The first-order valence-corrected chi connectivity index (χ1v) is 7.82. The lowest BCUT2D eigenvalue weighted by Gasteiger charge is -2.18. The molecule has 2 rings (SSSR count). The Kier molecular flexibility index (Phi) is 5.58. The lowest BCUT2D eigenvalue weighted by molar-refractivity contribution is -0.137. The summed E-state index contributed by atoms with van der Waals surface area (Å²) in [6.45, 7) is 2.03. The third kappa shape index (κ3) is 4.69. The van der Waals surface area contributed by atoms with Gasteiger partial charge >= 0.3 is 12.0 Å². The number of aliphatic carboxylic acids is 1. The Morgan fingerprint density at radius 2 is 2.04 bits per heavy atom. The van der Waals surface area contributed by atoms with Crippen molar-refractivity contribution in [3.8, 4) is 0 Å². The minimum atomic E-state index is -1.01. The number of carbonyl (C=O) groups is 3. The van der Waals surface area contributed by atoms with Gasteiger partial charge in [0.1, 0.15) is 11.9 Å². The number of hydrogen-bond donors (Lipinski definition) is 5. The zero-order valence-electron chi connectivity index (χ0n) is 13.8. The number of nitrogens with zero attached hydrogens (tertiary/aromatic N) is 1. The summed E-state index contributed by atoms with van der Waals surface area (Å²) in [5.41, 5.74) is 6.64. The van der Waals surface area contributed by atoms with E-state index < -0.39 is 24.1 Å². The van der Waals surface area contributed by atoms with Gasteiger partial charge in [0.2, 0.25) is 5.91 Å². The third-order valence-electron chi connectivity index (χ3n) is 3.86. The van der Waals surface area contributed by atoms with Crippen molar-refractivity contribution in [2.45, 2.75) is 31.8 Å². The van der Waals surface area contributed by atoms with Gasteiger partial charge in [-0.15, -0.1) is 0 Å². The van der Waals surface area contributed by atoms with Crippen molar-refractivity contribution in [3.05, 3.63) is 29.8 Å². The Bertz CT molecular complexity index is 688. The first kappa shape index (κ1) is 18.2. The third-order valence-corrected chi connectivity index (χ3v) is 3.86. The average molecular weight is 347 g/mol. The summed E-state index contributed by atoms with van der Waals surface area (Å²) < 4.78 is 0. The fourth-order valence-electron chi connectivity index (χ4n) is 2.63. The Labute approximate surface area is 144 Å². The van der Waals surface area contributed by atoms with Crippen LogP contribution in [0.5, 0.6) is 0 Å². The molecule has 9 nitrogen and oxygen atoms in total. The van der Waals surface area contributed by atoms with Crippen LogP contribution >= 0.6 is 0 Å². The van der Waals surface area contributed by atoms with E-state index in [0.29, 0.717) is 24.2 Å². The fraction of sp³-hybridized carbons (Fsp3) is 0.375. The summed E-state index contributed by atoms with van der Waals surface area (Å²) in [5, 5.41) is 21.1. The number of anilines is 1. The molecule has 1 saturated heterocycles. The minimum absolute atomic E-state index is 0.0500. The van der Waals surface area contributed by atoms with Gasteiger partial charge in [-0.25, -0.2) is 4.79 Å². The molecular formula is C16H21N5O4. The van der Waals surface area contributed by atoms with E-state index in [1.807, 2.05) is 0 Å². The summed E-state index contributed by atoms with van der Waals surface area (Å²) in [7, 11) is 0. The molecule has 25 heavy (non-hydrogen) atoms. The number of nitrogen functional groups attached to an aromatic ring is 1. The quantitative estimate of drug-likeness (QED) is 0.369. The molecule has 0 bridgehead atoms. The predicted molar refractivity (Wildman–Crippen MR) is 91.6 cm³/mol. The number of rotatable bonds is 6. The molecule has 0 radical (unpaired) electrons. The summed E-state index contributed by atoms with van der Waals surface area (Å²) in [5.74, 6) is -1.30. The van der Waals surface area contributed by atoms with Gasteiger partial charge in [-0.05, 0) is 37.6 Å². The number of carboxylic acids is 1. The molecule has 2 atom stereocenters. The van der Waals surface area contributed by atoms with Gasteiger partial charge in [0.15, 0.2) is 0 Å². The van der Waals surface area contributed by atoms with Gasteiger partial charge in [0.05, 0.1) is 6.42 Å². The fourth-order valence-corrected chi connectivity index (χ4v) is 2.63. The average Bonchev–Trinajstić information content (AvgIpc) is 2.87. The molecule has 0 saturated carbocycles. The zero-order chi connectivity index (χ0) is 18.6. The van der Waals surface area contributed by atoms with Crippen LogP contribution in [0, 0.1) is 5.41 Å². The van der Waals surface area contributed by atoms with Crippen LogP contribution in [0.15, 0.2) is 24.3 Å². The van der Waals surface area contributed by atoms with Crippen molar-refractivity contribution >= 4 is 29.4 Å². The SMILES string of the molecule is C[C@H](CC(=O)O)NC(=O)NC1CCN(c2ccc(C(=N)N)cc2)C1=O. The van der Waals surface area contributed by atoms with Gasteiger partial charge in [0.25, 0.3) is 0 Å². The van der Waals surface area contributed by atoms with Gasteiger partial charge in [0, 0.05) is 23.8 Å². The molecule has 0 aromatic heterocycles. The second kappa shape index (κ2) is 7.65. The van der Waals surface area contributed by atoms with Crippen LogP contribution in [0.4, 0.5) is 10.5 Å². The number of nitrogens with one attached hydrogen (secondary N) is 3. The van der Waals surface area contributed by atoms with E-state index in [4.69, 9.17) is 16.2 Å². The van der Waals surface area contributed by atoms with E-state index in [-0.39, 0.29) is 18.2 Å². The minimum Gasteiger partial charge on any atom is -0.481 e. The number of hydrogen-bond acceptors (Lipinski definition) is 4. The maximum Gasteiger partial charge on any atom is 0.315 e. The number of nitrogens with two attached hydrogens (primary N) is 1. The van der Waals surface area contributed by atoms with Crippen molar-refractivity contribution in [1.29, 1.82) is 5.41 Å². The largest absolute Gasteiger partial charge is 0.481 e. The van der Waals surface area contributed by atoms with Gasteiger partial charge < -0.3 is 26.4 Å². The molecule has 6 N–H and O–H groups in total. The number of amidine groups is 1. The molecule has 1 aromatic carbocycles. The number of carbonyl (C=O) groups excluding carboxylic acids is 2. The lowest BCUT2D eigenvalue weighted by Crippen LogP contribution is -2.48. The monoisotopic (exact) mass is 347 g/mol. The number of carboxylic acid groups (broad SMARTS) is 1. The number of benzene rings is 1. The molecule has 0 aliphatic carbocycles. The van der Waals surface area contributed by atoms with E-state index in [1.54, 1.807) is 36.1 Å². The highest BCUT2D eigenvalue weighted by molar-refractivity contribution is 6.02. The molecule has 3 amide bonds. The molecule has 1 aromatic rings. The smallest absolute Gasteiger partial charge is 0.315 e. The van der Waals surface area contributed by atoms with Crippen LogP contribution in [0.25, 0.3) is 0 Å². The second-order valence-corrected chi connectivity index (χ2v) is 5.91. The van der Waals surface area contributed by atoms with E-state index in [2.05, 4.69) is 10.6 Å². The first-order valence-electron chi connectivity index (χ1n) is 7.82. The molecular weight excluding hydrogens is 326 g/mol. The molecule has 9 heteroatoms. The van der Waals surface area contributed by atoms with Crippen LogP contribution in [0.3, 0.4) is 0 Å². The Balaban J connectivity index is 1.93. The van der Waals surface area contributed by atoms with Crippen LogP contribution < -0.4 is 21.3 Å². The molecule has 1 unspecified atom stereocenters. The molecule has 1 aliphatic rings. The molecule has 0 spiro atoms. The molecule has 1 aliphatic heterocycles. The summed E-state index contributed by atoms with van der Waals surface area (Å²) in [4.78, 5) is 36.5. The lowest BCUT2D eigenvalue weighted by atomic mass is 10.2. The standard InChI is InChI=1S/C16H21N5O4/c1-9(8-13(22)23)19-16(25)20-12-6-7-21(15(12)24)11-4-2-10(3-5-11)14(17)18/h2-5,9,12H,6-8H2,1H3,(H3,17,18)(H,22,23)(H2,19,20,25)/t9-,12?/m1/s1. The number of amides is 3. The highest BCUT2D eigenvalue weighted by Gasteiger charge is 2.33. The van der Waals surface area contributed by atoms with Gasteiger partial charge in [-0.3, -0.25) is 15.0 Å².